The highest BCUT2D eigenvalue weighted by Gasteiger charge is 2.19. The number of nitrogens with zero attached hydrogens (tertiary/aromatic N) is 4. The molecule has 0 amide bonds. The van der Waals surface area contributed by atoms with Gasteiger partial charge in [-0.25, -0.2) is 4.68 Å². The monoisotopic (exact) mass is 493 g/mol. The van der Waals surface area contributed by atoms with E-state index in [2.05, 4.69) is 31.0 Å². The van der Waals surface area contributed by atoms with Crippen molar-refractivity contribution in [1.29, 1.82) is 5.41 Å². The molecule has 0 fully saturated rings. The minimum Gasteiger partial charge on any atom is -0.497 e. The maximum atomic E-state index is 13.0. The minimum atomic E-state index is -0.175. The summed E-state index contributed by atoms with van der Waals surface area (Å²) in [6.45, 7) is 7.85. The van der Waals surface area contributed by atoms with Crippen molar-refractivity contribution in [2.75, 3.05) is 40.6 Å². The highest BCUT2D eigenvalue weighted by atomic mass is 35.5. The average Bonchev–Trinajstić information content (AvgIpc) is 3.09. The zero-order valence-corrected chi connectivity index (χ0v) is 21.0. The van der Waals surface area contributed by atoms with Crippen molar-refractivity contribution < 1.29 is 23.7 Å². The number of hydrogen-bond acceptors (Lipinski definition) is 8. The van der Waals surface area contributed by atoms with Crippen LogP contribution in [0.15, 0.2) is 30.3 Å². The van der Waals surface area contributed by atoms with Gasteiger partial charge in [0.2, 0.25) is 11.5 Å². The minimum absolute atomic E-state index is 0. The van der Waals surface area contributed by atoms with Gasteiger partial charge in [-0.3, -0.25) is 10.2 Å². The molecule has 0 bridgehead atoms. The normalized spacial score (nSPS) is 11.3. The van der Waals surface area contributed by atoms with Crippen LogP contribution in [0.5, 0.6) is 11.6 Å². The summed E-state index contributed by atoms with van der Waals surface area (Å²) in [7, 11) is 3.19. The zero-order chi connectivity index (χ0) is 24.0. The molecule has 0 saturated heterocycles. The molecule has 2 aromatic heterocycles. The number of ether oxygens (including phenoxy) is 4. The smallest absolute Gasteiger partial charge is 0.242 e. The third kappa shape index (κ3) is 6.78. The van der Waals surface area contributed by atoms with Crippen molar-refractivity contribution in [3.63, 3.8) is 0 Å². The third-order valence-electron chi connectivity index (χ3n) is 4.99. The van der Waals surface area contributed by atoms with E-state index in [1.807, 2.05) is 12.1 Å². The summed E-state index contributed by atoms with van der Waals surface area (Å²) in [5.41, 5.74) is 1.77. The standard InChI is InChI=1S/C23H31N5O5.ClH/c1-23(2,3)17-12-16(13-18(14-17)31-5)19(29)15-27-22(24)28-20(25-27)6-7-21(26-28)33-11-10-32-9-8-30-4;/h6-7,12-14,24H,8-11,15H2,1-5H3;1H. The van der Waals surface area contributed by atoms with Crippen LogP contribution in [0.25, 0.3) is 5.65 Å². The first-order valence-electron chi connectivity index (χ1n) is 10.7. The van der Waals surface area contributed by atoms with Crippen molar-refractivity contribution in [3.8, 4) is 11.6 Å². The molecule has 0 aliphatic carbocycles. The summed E-state index contributed by atoms with van der Waals surface area (Å²) in [5.74, 6) is 0.780. The molecule has 1 aromatic carbocycles. The number of carbonyl (C=O) groups is 1. The van der Waals surface area contributed by atoms with Gasteiger partial charge in [-0.1, -0.05) is 20.8 Å². The van der Waals surface area contributed by atoms with Gasteiger partial charge in [-0.2, -0.15) is 4.52 Å². The first kappa shape index (κ1) is 27.3. The van der Waals surface area contributed by atoms with Gasteiger partial charge < -0.3 is 18.9 Å². The number of benzene rings is 1. The predicted molar refractivity (Wildman–Crippen MR) is 128 cm³/mol. The second-order valence-electron chi connectivity index (χ2n) is 8.50. The number of rotatable bonds is 11. The van der Waals surface area contributed by atoms with Gasteiger partial charge in [0, 0.05) is 18.7 Å². The second-order valence-corrected chi connectivity index (χ2v) is 8.50. The molecule has 0 spiro atoms. The van der Waals surface area contributed by atoms with Crippen molar-refractivity contribution in [2.45, 2.75) is 32.7 Å². The lowest BCUT2D eigenvalue weighted by molar-refractivity contribution is 0.0534. The van der Waals surface area contributed by atoms with E-state index < -0.39 is 0 Å². The first-order valence-corrected chi connectivity index (χ1v) is 10.7. The van der Waals surface area contributed by atoms with Crippen molar-refractivity contribution in [1.82, 2.24) is 19.4 Å². The van der Waals surface area contributed by atoms with Crippen molar-refractivity contribution in [3.05, 3.63) is 47.1 Å². The van der Waals surface area contributed by atoms with Gasteiger partial charge in [-0.15, -0.1) is 22.6 Å². The number of aromatic nitrogens is 4. The Balaban J connectivity index is 0.00000408. The zero-order valence-electron chi connectivity index (χ0n) is 20.2. The topological polar surface area (TPSA) is 113 Å². The fraction of sp³-hybridized carbons (Fsp3) is 0.478. The van der Waals surface area contributed by atoms with E-state index in [0.29, 0.717) is 49.3 Å². The van der Waals surface area contributed by atoms with Gasteiger partial charge >= 0.3 is 0 Å². The molecular weight excluding hydrogens is 462 g/mol. The lowest BCUT2D eigenvalue weighted by atomic mass is 9.85. The number of ketones is 1. The number of fused-ring (bicyclic) bond motifs is 1. The van der Waals surface area contributed by atoms with Crippen LogP contribution in [-0.2, 0) is 21.4 Å². The summed E-state index contributed by atoms with van der Waals surface area (Å²) < 4.78 is 23.9. The Kier molecular flexibility index (Phi) is 9.60. The van der Waals surface area contributed by atoms with Crippen LogP contribution in [0, 0.1) is 5.41 Å². The molecule has 0 atom stereocenters. The molecule has 11 heteroatoms. The molecule has 0 radical (unpaired) electrons. The van der Waals surface area contributed by atoms with Gasteiger partial charge in [0.25, 0.3) is 0 Å². The molecule has 186 valence electrons. The number of halogens is 1. The van der Waals surface area contributed by atoms with E-state index >= 15 is 0 Å². The molecule has 3 aromatic rings. The Hall–Kier alpha value is -2.95. The quantitative estimate of drug-likeness (QED) is 0.322. The number of hydrogen-bond donors (Lipinski definition) is 1. The van der Waals surface area contributed by atoms with Crippen LogP contribution in [0.1, 0.15) is 36.7 Å². The average molecular weight is 494 g/mol. The Morgan fingerprint density at radius 2 is 1.76 bits per heavy atom. The Labute approximate surface area is 204 Å². The first-order chi connectivity index (χ1) is 15.7. The Bertz CT molecular complexity index is 1170. The largest absolute Gasteiger partial charge is 0.497 e. The fourth-order valence-corrected chi connectivity index (χ4v) is 3.09. The fourth-order valence-electron chi connectivity index (χ4n) is 3.09. The number of carbonyl (C=O) groups excluding carboxylic acids is 1. The molecule has 3 rings (SSSR count). The molecular formula is C23H32ClN5O5. The van der Waals surface area contributed by atoms with Crippen molar-refractivity contribution >= 4 is 23.8 Å². The van der Waals surface area contributed by atoms with Crippen LogP contribution >= 0.6 is 12.4 Å². The molecule has 0 aliphatic heterocycles. The Morgan fingerprint density at radius 1 is 1.03 bits per heavy atom. The molecule has 1 N–H and O–H groups in total. The van der Waals surface area contributed by atoms with E-state index in [1.165, 1.54) is 9.20 Å². The van der Waals surface area contributed by atoms with E-state index in [-0.39, 0.29) is 35.8 Å². The second kappa shape index (κ2) is 12.0. The number of Topliss-reactive ketones (excluding diaryl/α,β-unsaturated/α-hetero) is 1. The summed E-state index contributed by atoms with van der Waals surface area (Å²) in [4.78, 5) is 13.0. The van der Waals surface area contributed by atoms with Gasteiger partial charge in [0.15, 0.2) is 11.4 Å². The maximum Gasteiger partial charge on any atom is 0.242 e. The van der Waals surface area contributed by atoms with Crippen molar-refractivity contribution in [2.24, 2.45) is 0 Å². The molecule has 34 heavy (non-hydrogen) atoms. The van der Waals surface area contributed by atoms with Crippen LogP contribution in [0.4, 0.5) is 0 Å². The van der Waals surface area contributed by atoms with E-state index in [0.717, 1.165) is 5.56 Å². The molecule has 2 heterocycles. The lowest BCUT2D eigenvalue weighted by Gasteiger charge is -2.20. The lowest BCUT2D eigenvalue weighted by Crippen LogP contribution is -2.26. The summed E-state index contributed by atoms with van der Waals surface area (Å²) >= 11 is 0. The van der Waals surface area contributed by atoms with Crippen LogP contribution in [-0.4, -0.2) is 65.8 Å². The van der Waals surface area contributed by atoms with E-state index in [4.69, 9.17) is 24.4 Å². The van der Waals surface area contributed by atoms with Gasteiger partial charge in [0.1, 0.15) is 18.9 Å². The maximum absolute atomic E-state index is 13.0. The van der Waals surface area contributed by atoms with Crippen LogP contribution in [0.2, 0.25) is 0 Å². The molecule has 0 unspecified atom stereocenters. The third-order valence-corrected chi connectivity index (χ3v) is 4.99. The van der Waals surface area contributed by atoms with Gasteiger partial charge in [0.05, 0.1) is 26.9 Å². The SMILES string of the molecule is COCCOCCOc1ccc2nn(CC(=O)c3cc(OC)cc(C(C)(C)C)c3)c(=N)n2n1.Cl. The molecule has 10 nitrogen and oxygen atoms in total. The number of nitrogens with one attached hydrogen (secondary N) is 1. The molecule has 0 aliphatic rings. The van der Waals surface area contributed by atoms with E-state index in [9.17, 15) is 4.79 Å². The van der Waals surface area contributed by atoms with Crippen LogP contribution < -0.4 is 15.1 Å². The molecule has 0 saturated carbocycles. The number of methoxy groups -OCH3 is 2. The van der Waals surface area contributed by atoms with Crippen LogP contribution in [0.3, 0.4) is 0 Å². The Morgan fingerprint density at radius 3 is 2.44 bits per heavy atom. The summed E-state index contributed by atoms with van der Waals surface area (Å²) in [6, 6.07) is 8.86. The van der Waals surface area contributed by atoms with E-state index in [1.54, 1.807) is 32.4 Å². The van der Waals surface area contributed by atoms with Gasteiger partial charge in [-0.05, 0) is 35.2 Å². The summed E-state index contributed by atoms with van der Waals surface area (Å²) in [6.07, 6.45) is 0. The summed E-state index contributed by atoms with van der Waals surface area (Å²) in [5, 5.41) is 17.1. The highest BCUT2D eigenvalue weighted by molar-refractivity contribution is 5.96. The highest BCUT2D eigenvalue weighted by Crippen LogP contribution is 2.28. The predicted octanol–water partition coefficient (Wildman–Crippen LogP) is 2.66.